The molecule has 2 saturated carbocycles. The molecule has 2 fully saturated rings. The molecule has 2 aliphatic carbocycles. The molecular formula is C27H37N3O3S3. The van der Waals surface area contributed by atoms with E-state index in [2.05, 4.69) is 29.3 Å². The van der Waals surface area contributed by atoms with Gasteiger partial charge in [-0.3, -0.25) is 10.2 Å². The van der Waals surface area contributed by atoms with Crippen LogP contribution in [0.5, 0.6) is 0 Å². The first-order valence-corrected chi connectivity index (χ1v) is 15.6. The number of thiophene rings is 1. The first kappa shape index (κ1) is 27.4. The van der Waals surface area contributed by atoms with E-state index in [4.69, 9.17) is 0 Å². The van der Waals surface area contributed by atoms with Crippen LogP contribution in [0.1, 0.15) is 93.6 Å². The molecule has 0 saturated heterocycles. The highest BCUT2D eigenvalue weighted by Gasteiger charge is 2.38. The van der Waals surface area contributed by atoms with Gasteiger partial charge in [-0.2, -0.15) is 5.10 Å². The van der Waals surface area contributed by atoms with E-state index in [-0.39, 0.29) is 32.9 Å². The Balaban J connectivity index is 1.60. The van der Waals surface area contributed by atoms with E-state index in [1.165, 1.54) is 11.3 Å². The van der Waals surface area contributed by atoms with Crippen molar-refractivity contribution in [3.05, 3.63) is 15.8 Å². The van der Waals surface area contributed by atoms with E-state index in [0.717, 1.165) is 51.4 Å². The molecule has 1 atom stereocenters. The Morgan fingerprint density at radius 2 is 1.83 bits per heavy atom. The summed E-state index contributed by atoms with van der Waals surface area (Å²) in [5.41, 5.74) is 5.34. The van der Waals surface area contributed by atoms with Crippen LogP contribution >= 0.6 is 34.9 Å². The lowest BCUT2D eigenvalue weighted by Crippen LogP contribution is -2.47. The van der Waals surface area contributed by atoms with Crippen molar-refractivity contribution < 1.29 is 14.7 Å². The van der Waals surface area contributed by atoms with Gasteiger partial charge in [-0.05, 0) is 84.1 Å². The van der Waals surface area contributed by atoms with Crippen LogP contribution in [0.3, 0.4) is 0 Å². The first-order chi connectivity index (χ1) is 17.1. The average molecular weight is 548 g/mol. The zero-order valence-corrected chi connectivity index (χ0v) is 24.0. The third kappa shape index (κ3) is 7.02. The van der Waals surface area contributed by atoms with Crippen LogP contribution < -0.4 is 10.3 Å². The van der Waals surface area contributed by atoms with E-state index >= 15 is 0 Å². The lowest BCUT2D eigenvalue weighted by atomic mass is 9.81. The minimum Gasteiger partial charge on any atom is -0.477 e. The van der Waals surface area contributed by atoms with E-state index in [0.29, 0.717) is 21.7 Å². The average Bonchev–Trinajstić information content (AvgIpc) is 3.49. The Morgan fingerprint density at radius 3 is 2.42 bits per heavy atom. The summed E-state index contributed by atoms with van der Waals surface area (Å²) in [5, 5.41) is 14.7. The minimum absolute atomic E-state index is 0.0188. The number of carboxylic acid groups (broad SMARTS) is 1. The van der Waals surface area contributed by atoms with Gasteiger partial charge in [0.05, 0.1) is 16.1 Å². The van der Waals surface area contributed by atoms with E-state index in [1.54, 1.807) is 11.8 Å². The van der Waals surface area contributed by atoms with Gasteiger partial charge in [0.1, 0.15) is 9.58 Å². The number of hydrazone groups is 1. The number of nitrogens with one attached hydrogen (secondary N) is 1. The largest absolute Gasteiger partial charge is 0.477 e. The molecule has 1 unspecified atom stereocenters. The molecule has 1 aromatic rings. The summed E-state index contributed by atoms with van der Waals surface area (Å²) >= 11 is 4.80. The number of thioether (sulfide) groups is 2. The molecule has 1 aliphatic heterocycles. The highest BCUT2D eigenvalue weighted by molar-refractivity contribution is 8.24. The second kappa shape index (κ2) is 11.8. The molecule has 0 bridgehead atoms. The van der Waals surface area contributed by atoms with Crippen molar-refractivity contribution in [1.82, 2.24) is 5.43 Å². The fourth-order valence-electron chi connectivity index (χ4n) is 5.11. The van der Waals surface area contributed by atoms with Crippen molar-refractivity contribution in [2.75, 3.05) is 4.90 Å². The van der Waals surface area contributed by atoms with Gasteiger partial charge in [-0.25, -0.2) is 4.79 Å². The summed E-state index contributed by atoms with van der Waals surface area (Å²) in [7, 11) is 0. The lowest BCUT2D eigenvalue weighted by Gasteiger charge is -2.39. The number of rotatable bonds is 6. The predicted molar refractivity (Wildman–Crippen MR) is 153 cm³/mol. The highest BCUT2D eigenvalue weighted by Crippen LogP contribution is 2.41. The second-order valence-corrected chi connectivity index (χ2v) is 14.9. The Hall–Kier alpha value is -1.63. The van der Waals surface area contributed by atoms with Crippen molar-refractivity contribution in [2.24, 2.45) is 22.4 Å². The summed E-state index contributed by atoms with van der Waals surface area (Å²) in [4.78, 5) is 29.2. The molecule has 6 nitrogen and oxygen atoms in total. The SMILES string of the molecule is CC(C)(C)C#Cc1cc(N(C(=O)[C@H]2CC[C@H](C)CC2)[C@H]2CC[C@@H](SC3NN=CS3)CC2)c(C(=O)O)s1. The zero-order chi connectivity index (χ0) is 25.9. The predicted octanol–water partition coefficient (Wildman–Crippen LogP) is 6.61. The van der Waals surface area contributed by atoms with E-state index in [9.17, 15) is 14.7 Å². The van der Waals surface area contributed by atoms with Gasteiger partial charge in [-0.15, -0.1) is 23.1 Å². The molecule has 1 aromatic heterocycles. The molecule has 9 heteroatoms. The van der Waals surface area contributed by atoms with Crippen LogP contribution in [0, 0.1) is 29.1 Å². The number of anilines is 1. The van der Waals surface area contributed by atoms with Crippen molar-refractivity contribution in [1.29, 1.82) is 0 Å². The molecular weight excluding hydrogens is 511 g/mol. The van der Waals surface area contributed by atoms with E-state index < -0.39 is 5.97 Å². The molecule has 4 rings (SSSR count). The van der Waals surface area contributed by atoms with Crippen molar-refractivity contribution >= 4 is 58.0 Å². The second-order valence-electron chi connectivity index (χ2n) is 11.2. The topological polar surface area (TPSA) is 82.0 Å². The summed E-state index contributed by atoms with van der Waals surface area (Å²) in [6.45, 7) is 8.36. The Labute approximate surface area is 227 Å². The van der Waals surface area contributed by atoms with Gasteiger partial charge < -0.3 is 10.0 Å². The van der Waals surface area contributed by atoms with Crippen LogP contribution in [-0.4, -0.2) is 38.5 Å². The Kier molecular flexibility index (Phi) is 9.00. The molecule has 0 aromatic carbocycles. The molecule has 2 heterocycles. The summed E-state index contributed by atoms with van der Waals surface area (Å²) in [6, 6.07) is 1.87. The van der Waals surface area contributed by atoms with Crippen molar-refractivity contribution in [3.8, 4) is 11.8 Å². The maximum Gasteiger partial charge on any atom is 0.348 e. The number of hydrogen-bond donors (Lipinski definition) is 2. The first-order valence-electron chi connectivity index (χ1n) is 12.9. The van der Waals surface area contributed by atoms with Gasteiger partial charge in [0.15, 0.2) is 0 Å². The molecule has 36 heavy (non-hydrogen) atoms. The number of aromatic carboxylic acids is 1. The van der Waals surface area contributed by atoms with E-state index in [1.807, 2.05) is 49.0 Å². The number of carboxylic acids is 1. The van der Waals surface area contributed by atoms with Crippen LogP contribution in [0.2, 0.25) is 0 Å². The number of nitrogens with zero attached hydrogens (tertiary/aromatic N) is 2. The molecule has 3 aliphatic rings. The van der Waals surface area contributed by atoms with Gasteiger partial charge in [-0.1, -0.05) is 30.5 Å². The van der Waals surface area contributed by atoms with Crippen LogP contribution in [0.15, 0.2) is 11.2 Å². The minimum atomic E-state index is -0.984. The van der Waals surface area contributed by atoms with Gasteiger partial charge in [0.2, 0.25) is 5.91 Å². The quantitative estimate of drug-likeness (QED) is 0.390. The maximum atomic E-state index is 14.0. The third-order valence-electron chi connectivity index (χ3n) is 7.07. The Morgan fingerprint density at radius 1 is 1.14 bits per heavy atom. The fourth-order valence-corrected chi connectivity index (χ4v) is 8.20. The normalized spacial score (nSPS) is 28.2. The Bertz CT molecular complexity index is 1030. The number of carbonyl (C=O) groups is 2. The van der Waals surface area contributed by atoms with Crippen LogP contribution in [-0.2, 0) is 4.79 Å². The number of amides is 1. The van der Waals surface area contributed by atoms with Crippen molar-refractivity contribution in [3.63, 3.8) is 0 Å². The van der Waals surface area contributed by atoms with Crippen molar-refractivity contribution in [2.45, 2.75) is 95.1 Å². The van der Waals surface area contributed by atoms with Gasteiger partial charge in [0.25, 0.3) is 0 Å². The monoisotopic (exact) mass is 547 g/mol. The summed E-state index contributed by atoms with van der Waals surface area (Å²) < 4.78 is 0.257. The summed E-state index contributed by atoms with van der Waals surface area (Å²) in [5.74, 6) is 6.13. The lowest BCUT2D eigenvalue weighted by molar-refractivity contribution is -0.124. The molecule has 0 spiro atoms. The molecule has 1 amide bonds. The zero-order valence-electron chi connectivity index (χ0n) is 21.6. The molecule has 2 N–H and O–H groups in total. The highest BCUT2D eigenvalue weighted by atomic mass is 32.2. The molecule has 0 radical (unpaired) electrons. The van der Waals surface area contributed by atoms with Gasteiger partial charge >= 0.3 is 5.97 Å². The summed E-state index contributed by atoms with van der Waals surface area (Å²) in [6.07, 6.45) is 7.64. The maximum absolute atomic E-state index is 14.0. The molecule has 196 valence electrons. The fraction of sp³-hybridized carbons (Fsp3) is 0.667. The standard InChI is InChI=1S/C27H37N3O3S3/c1-17-5-7-18(8-6-17)24(31)30(19-9-11-20(12-10-19)36-26-29-28-16-34-26)22-15-21(13-14-27(2,3)4)35-23(22)25(32)33/h15-20,26,29H,5-12H2,1-4H3,(H,32,33)/t17-,18-,19-,20+,26?. The van der Waals surface area contributed by atoms with Crippen LogP contribution in [0.25, 0.3) is 0 Å². The number of hydrogen-bond acceptors (Lipinski definition) is 7. The number of carbonyl (C=O) groups excluding carboxylic acids is 1. The van der Waals surface area contributed by atoms with Crippen LogP contribution in [0.4, 0.5) is 5.69 Å². The smallest absolute Gasteiger partial charge is 0.348 e. The third-order valence-corrected chi connectivity index (χ3v) is 10.6. The van der Waals surface area contributed by atoms with Gasteiger partial charge in [0, 0.05) is 22.6 Å².